The lowest BCUT2D eigenvalue weighted by Gasteiger charge is -2.33. The average Bonchev–Trinajstić information content (AvgIpc) is 2.40. The minimum Gasteiger partial charge on any atom is -0.381 e. The van der Waals surface area contributed by atoms with Crippen LogP contribution < -0.4 is 0 Å². The van der Waals surface area contributed by atoms with Crippen LogP contribution in [0.5, 0.6) is 0 Å². The third kappa shape index (κ3) is 2.98. The second-order valence-electron chi connectivity index (χ2n) is 4.73. The molecule has 0 amide bonds. The number of hydrogen-bond donors (Lipinski definition) is 0. The lowest BCUT2D eigenvalue weighted by Crippen LogP contribution is -2.47. The van der Waals surface area contributed by atoms with Gasteiger partial charge in [0.05, 0.1) is 11.3 Å². The summed E-state index contributed by atoms with van der Waals surface area (Å²) in [5.41, 5.74) is 0. The highest BCUT2D eigenvalue weighted by Crippen LogP contribution is 2.23. The molecule has 2 saturated heterocycles. The minimum atomic E-state index is -3.27. The smallest absolute Gasteiger partial charge is 0.235 e. The van der Waals surface area contributed by atoms with Crippen LogP contribution in [-0.4, -0.2) is 56.4 Å². The van der Waals surface area contributed by atoms with E-state index in [1.54, 1.807) is 0 Å². The lowest BCUT2D eigenvalue weighted by atomic mass is 10.1. The van der Waals surface area contributed by atoms with Crippen molar-refractivity contribution in [2.24, 2.45) is 4.99 Å². The Bertz CT molecular complexity index is 424. The summed E-state index contributed by atoms with van der Waals surface area (Å²) in [6.07, 6.45) is 4.14. The molecule has 7 heteroatoms. The van der Waals surface area contributed by atoms with E-state index < -0.39 is 10.0 Å². The molecule has 0 bridgehead atoms. The number of carbonyl (C=O) groups excluding carboxylic acids is 1. The van der Waals surface area contributed by atoms with Gasteiger partial charge in [-0.3, -0.25) is 0 Å². The number of hydrogen-bond acceptors (Lipinski definition) is 5. The first-order valence-corrected chi connectivity index (χ1v) is 7.78. The van der Waals surface area contributed by atoms with E-state index in [-0.39, 0.29) is 11.3 Å². The van der Waals surface area contributed by atoms with Gasteiger partial charge in [0.15, 0.2) is 0 Å². The van der Waals surface area contributed by atoms with Gasteiger partial charge in [-0.2, -0.15) is 4.31 Å². The van der Waals surface area contributed by atoms with Crippen molar-refractivity contribution in [1.29, 1.82) is 0 Å². The van der Waals surface area contributed by atoms with Gasteiger partial charge in [-0.25, -0.2) is 18.2 Å². The molecule has 6 nitrogen and oxygen atoms in total. The summed E-state index contributed by atoms with van der Waals surface area (Å²) in [6, 6.07) is -0.231. The maximum atomic E-state index is 12.4. The Morgan fingerprint density at radius 1 is 1.22 bits per heavy atom. The molecule has 0 aromatic rings. The fraction of sp³-hybridized carbons (Fsp3) is 0.909. The van der Waals surface area contributed by atoms with Crippen LogP contribution in [0.4, 0.5) is 0 Å². The van der Waals surface area contributed by atoms with E-state index >= 15 is 0 Å². The molecule has 0 aromatic carbocycles. The Morgan fingerprint density at radius 3 is 2.61 bits per heavy atom. The molecule has 2 aliphatic rings. The summed E-state index contributed by atoms with van der Waals surface area (Å²) in [5.74, 6) is 0. The number of piperidine rings is 1. The average molecular weight is 274 g/mol. The first-order valence-electron chi connectivity index (χ1n) is 6.28. The summed E-state index contributed by atoms with van der Waals surface area (Å²) in [7, 11) is -3.27. The Kier molecular flexibility index (Phi) is 4.50. The summed E-state index contributed by atoms with van der Waals surface area (Å²) in [6.45, 7) is 1.86. The third-order valence-electron chi connectivity index (χ3n) is 3.54. The molecule has 0 aliphatic carbocycles. The Morgan fingerprint density at radius 2 is 1.94 bits per heavy atom. The first-order chi connectivity index (χ1) is 8.64. The molecular weight excluding hydrogens is 256 g/mol. The quantitative estimate of drug-likeness (QED) is 0.548. The Labute approximate surface area is 107 Å². The van der Waals surface area contributed by atoms with Crippen LogP contribution in [-0.2, 0) is 19.6 Å². The van der Waals surface area contributed by atoms with Crippen molar-refractivity contribution in [3.05, 3.63) is 0 Å². The topological polar surface area (TPSA) is 76.0 Å². The zero-order valence-electron chi connectivity index (χ0n) is 10.2. The van der Waals surface area contributed by atoms with Gasteiger partial charge in [0.1, 0.15) is 0 Å². The zero-order chi connectivity index (χ0) is 13.0. The van der Waals surface area contributed by atoms with Crippen molar-refractivity contribution >= 4 is 16.1 Å². The maximum Gasteiger partial charge on any atom is 0.235 e. The third-order valence-corrected chi connectivity index (χ3v) is 5.91. The molecule has 0 aromatic heterocycles. The van der Waals surface area contributed by atoms with Crippen molar-refractivity contribution in [2.45, 2.75) is 37.0 Å². The van der Waals surface area contributed by atoms with Crippen molar-refractivity contribution < 1.29 is 17.9 Å². The highest BCUT2D eigenvalue weighted by atomic mass is 32.2. The van der Waals surface area contributed by atoms with E-state index in [4.69, 9.17) is 4.74 Å². The maximum absolute atomic E-state index is 12.4. The number of rotatable bonds is 3. The lowest BCUT2D eigenvalue weighted by molar-refractivity contribution is 0.0969. The number of nitrogens with zero attached hydrogens (tertiary/aromatic N) is 2. The van der Waals surface area contributed by atoms with E-state index in [1.165, 1.54) is 10.4 Å². The molecule has 1 atom stereocenters. The van der Waals surface area contributed by atoms with Crippen LogP contribution in [0, 0.1) is 0 Å². The second kappa shape index (κ2) is 5.93. The van der Waals surface area contributed by atoms with E-state index in [0.29, 0.717) is 39.1 Å². The number of aliphatic imine (C=N–C) groups is 1. The molecule has 0 radical (unpaired) electrons. The molecule has 18 heavy (non-hydrogen) atoms. The van der Waals surface area contributed by atoms with Crippen molar-refractivity contribution in [3.63, 3.8) is 0 Å². The molecule has 0 saturated carbocycles. The summed E-state index contributed by atoms with van der Waals surface area (Å²) >= 11 is 0. The summed E-state index contributed by atoms with van der Waals surface area (Å²) in [4.78, 5) is 13.9. The van der Waals surface area contributed by atoms with Crippen LogP contribution in [0.25, 0.3) is 0 Å². The van der Waals surface area contributed by atoms with Gasteiger partial charge in [0.25, 0.3) is 0 Å². The number of isocyanates is 1. The fourth-order valence-electron chi connectivity index (χ4n) is 2.52. The molecule has 102 valence electrons. The highest BCUT2D eigenvalue weighted by Gasteiger charge is 2.35. The minimum absolute atomic E-state index is 0.231. The second-order valence-corrected chi connectivity index (χ2v) is 6.94. The fourth-order valence-corrected chi connectivity index (χ4v) is 4.49. The first kappa shape index (κ1) is 13.7. The zero-order valence-corrected chi connectivity index (χ0v) is 11.1. The summed E-state index contributed by atoms with van der Waals surface area (Å²) in [5, 5.41) is -0.342. The Hall–Kier alpha value is -0.750. The van der Waals surface area contributed by atoms with Gasteiger partial charge in [-0.15, -0.1) is 0 Å². The molecule has 0 spiro atoms. The normalized spacial score (nSPS) is 27.7. The van der Waals surface area contributed by atoms with Crippen LogP contribution in [0.3, 0.4) is 0 Å². The van der Waals surface area contributed by atoms with Crippen LogP contribution in [0.1, 0.15) is 25.7 Å². The van der Waals surface area contributed by atoms with Gasteiger partial charge in [-0.05, 0) is 25.7 Å². The molecule has 1 unspecified atom stereocenters. The standard InChI is InChI=1S/C11H18N2O4S/c14-9-12-10-2-1-5-13(8-10)18(15,16)11-3-6-17-7-4-11/h10-11H,1-8H2. The van der Waals surface area contributed by atoms with Crippen molar-refractivity contribution in [1.82, 2.24) is 4.31 Å². The van der Waals surface area contributed by atoms with E-state index in [0.717, 1.165) is 12.8 Å². The molecule has 2 heterocycles. The molecule has 0 N–H and O–H groups in total. The predicted molar refractivity (Wildman–Crippen MR) is 65.5 cm³/mol. The monoisotopic (exact) mass is 274 g/mol. The molecular formula is C11H18N2O4S. The highest BCUT2D eigenvalue weighted by molar-refractivity contribution is 7.89. The van der Waals surface area contributed by atoms with E-state index in [9.17, 15) is 13.2 Å². The van der Waals surface area contributed by atoms with Gasteiger partial charge in [0, 0.05) is 26.3 Å². The van der Waals surface area contributed by atoms with Gasteiger partial charge >= 0.3 is 0 Å². The summed E-state index contributed by atoms with van der Waals surface area (Å²) < 4.78 is 31.5. The van der Waals surface area contributed by atoms with Gasteiger partial charge < -0.3 is 4.74 Å². The van der Waals surface area contributed by atoms with Crippen molar-refractivity contribution in [2.75, 3.05) is 26.3 Å². The molecule has 2 fully saturated rings. The van der Waals surface area contributed by atoms with Gasteiger partial charge in [-0.1, -0.05) is 0 Å². The van der Waals surface area contributed by atoms with Gasteiger partial charge in [0.2, 0.25) is 16.1 Å². The van der Waals surface area contributed by atoms with Crippen LogP contribution in [0.2, 0.25) is 0 Å². The van der Waals surface area contributed by atoms with E-state index in [2.05, 4.69) is 4.99 Å². The largest absolute Gasteiger partial charge is 0.381 e. The molecule has 2 rings (SSSR count). The Balaban J connectivity index is 2.06. The van der Waals surface area contributed by atoms with Crippen LogP contribution >= 0.6 is 0 Å². The van der Waals surface area contributed by atoms with E-state index in [1.807, 2.05) is 0 Å². The number of ether oxygens (including phenoxy) is 1. The molecule has 2 aliphatic heterocycles. The SMILES string of the molecule is O=C=NC1CCCN(S(=O)(=O)C2CCOCC2)C1. The van der Waals surface area contributed by atoms with Crippen LogP contribution in [0.15, 0.2) is 4.99 Å². The number of sulfonamides is 1. The van der Waals surface area contributed by atoms with Crippen molar-refractivity contribution in [3.8, 4) is 0 Å². The predicted octanol–water partition coefficient (Wildman–Crippen LogP) is 0.295.